The lowest BCUT2D eigenvalue weighted by atomic mass is 9.64. The maximum atomic E-state index is 12.6. The molecule has 32 heavy (non-hydrogen) atoms. The van der Waals surface area contributed by atoms with Crippen LogP contribution in [0, 0.1) is 0 Å². The monoisotopic (exact) mass is 470 g/mol. The lowest BCUT2D eigenvalue weighted by Gasteiger charge is -2.42. The van der Waals surface area contributed by atoms with Crippen LogP contribution >= 0.6 is 11.3 Å². The highest BCUT2D eigenvalue weighted by Gasteiger charge is 2.38. The van der Waals surface area contributed by atoms with Crippen LogP contribution in [0.4, 0.5) is 5.69 Å². The SMILES string of the molecule is CN(c1ccc(OCC(=O)NCC2(c3ccccc3)CCC2)cc1)S(=O)(=O)c1cccs1. The van der Waals surface area contributed by atoms with Crippen LogP contribution in [0.5, 0.6) is 5.75 Å². The van der Waals surface area contributed by atoms with E-state index in [0.29, 0.717) is 18.0 Å². The summed E-state index contributed by atoms with van der Waals surface area (Å²) < 4.78 is 32.4. The highest BCUT2D eigenvalue weighted by molar-refractivity contribution is 7.94. The van der Waals surface area contributed by atoms with Crippen molar-refractivity contribution < 1.29 is 17.9 Å². The topological polar surface area (TPSA) is 75.7 Å². The van der Waals surface area contributed by atoms with Gasteiger partial charge in [0.05, 0.1) is 5.69 Å². The lowest BCUT2D eigenvalue weighted by Crippen LogP contribution is -2.46. The van der Waals surface area contributed by atoms with Crippen LogP contribution < -0.4 is 14.4 Å². The van der Waals surface area contributed by atoms with Crippen molar-refractivity contribution in [2.45, 2.75) is 28.9 Å². The third kappa shape index (κ3) is 4.66. The Morgan fingerprint density at radius 1 is 1.06 bits per heavy atom. The summed E-state index contributed by atoms with van der Waals surface area (Å²) in [5.74, 6) is 0.334. The number of hydrogen-bond acceptors (Lipinski definition) is 5. The van der Waals surface area contributed by atoms with Crippen LogP contribution in [-0.2, 0) is 20.2 Å². The van der Waals surface area contributed by atoms with Crippen molar-refractivity contribution >= 4 is 33.0 Å². The van der Waals surface area contributed by atoms with Crippen LogP contribution in [0.15, 0.2) is 76.3 Å². The second kappa shape index (κ2) is 9.34. The zero-order valence-corrected chi connectivity index (χ0v) is 19.5. The van der Waals surface area contributed by atoms with E-state index in [0.717, 1.165) is 12.8 Å². The van der Waals surface area contributed by atoms with E-state index in [1.807, 2.05) is 18.2 Å². The molecule has 2 aromatic carbocycles. The Kier molecular flexibility index (Phi) is 6.53. The average molecular weight is 471 g/mol. The zero-order chi connectivity index (χ0) is 22.6. The van der Waals surface area contributed by atoms with Crippen molar-refractivity contribution in [3.05, 3.63) is 77.7 Å². The minimum absolute atomic E-state index is 0.0250. The summed E-state index contributed by atoms with van der Waals surface area (Å²) in [5.41, 5.74) is 1.81. The van der Waals surface area contributed by atoms with Gasteiger partial charge in [-0.15, -0.1) is 11.3 Å². The van der Waals surface area contributed by atoms with Gasteiger partial charge < -0.3 is 10.1 Å². The minimum Gasteiger partial charge on any atom is -0.484 e. The van der Waals surface area contributed by atoms with Crippen LogP contribution in [0.25, 0.3) is 0 Å². The van der Waals surface area contributed by atoms with Crippen molar-refractivity contribution in [2.75, 3.05) is 24.5 Å². The number of hydrogen-bond donors (Lipinski definition) is 1. The fourth-order valence-corrected chi connectivity index (χ4v) is 6.22. The number of amides is 1. The van der Waals surface area contributed by atoms with Gasteiger partial charge in [0.1, 0.15) is 9.96 Å². The summed E-state index contributed by atoms with van der Waals surface area (Å²) in [7, 11) is -2.07. The fraction of sp³-hybridized carbons (Fsp3) is 0.292. The smallest absolute Gasteiger partial charge is 0.273 e. The molecule has 1 saturated carbocycles. The summed E-state index contributed by atoms with van der Waals surface area (Å²) in [4.78, 5) is 12.3. The molecule has 6 nitrogen and oxygen atoms in total. The van der Waals surface area contributed by atoms with Gasteiger partial charge in [-0.1, -0.05) is 42.8 Å². The number of rotatable bonds is 9. The highest BCUT2D eigenvalue weighted by Crippen LogP contribution is 2.43. The molecule has 3 aromatic rings. The molecular formula is C24H26N2O4S2. The summed E-state index contributed by atoms with van der Waals surface area (Å²) in [6.45, 7) is 0.511. The molecule has 1 fully saturated rings. The molecule has 0 bridgehead atoms. The van der Waals surface area contributed by atoms with E-state index in [1.165, 1.54) is 34.7 Å². The first-order chi connectivity index (χ1) is 15.4. The van der Waals surface area contributed by atoms with E-state index >= 15 is 0 Å². The molecule has 0 saturated heterocycles. The molecule has 168 valence electrons. The second-order valence-electron chi connectivity index (χ2n) is 7.96. The molecule has 1 amide bonds. The van der Waals surface area contributed by atoms with Gasteiger partial charge in [0.2, 0.25) is 0 Å². The molecule has 0 atom stereocenters. The maximum Gasteiger partial charge on any atom is 0.273 e. The molecule has 0 aliphatic heterocycles. The molecule has 8 heteroatoms. The molecule has 1 aliphatic rings. The molecule has 4 rings (SSSR count). The summed E-state index contributed by atoms with van der Waals surface area (Å²) in [5, 5.41) is 4.74. The van der Waals surface area contributed by atoms with Gasteiger partial charge in [0.25, 0.3) is 15.9 Å². The largest absolute Gasteiger partial charge is 0.484 e. The molecule has 1 heterocycles. The number of anilines is 1. The third-order valence-electron chi connectivity index (χ3n) is 6.00. The van der Waals surface area contributed by atoms with Gasteiger partial charge in [-0.25, -0.2) is 8.42 Å². The van der Waals surface area contributed by atoms with Crippen molar-refractivity contribution in [1.82, 2.24) is 5.32 Å². The minimum atomic E-state index is -3.58. The number of thiophene rings is 1. The van der Waals surface area contributed by atoms with E-state index < -0.39 is 10.0 Å². The van der Waals surface area contributed by atoms with E-state index in [4.69, 9.17) is 4.74 Å². The van der Waals surface area contributed by atoms with Crippen LogP contribution in [0.3, 0.4) is 0 Å². The Hall–Kier alpha value is -2.84. The highest BCUT2D eigenvalue weighted by atomic mass is 32.2. The lowest BCUT2D eigenvalue weighted by molar-refractivity contribution is -0.123. The van der Waals surface area contributed by atoms with Crippen molar-refractivity contribution in [3.63, 3.8) is 0 Å². The van der Waals surface area contributed by atoms with E-state index in [-0.39, 0.29) is 22.1 Å². The standard InChI is InChI=1S/C24H26N2O4S2/c1-26(32(28,29)23-9-5-16-31-23)20-10-12-21(13-11-20)30-17-22(27)25-18-24(14-6-15-24)19-7-3-2-4-8-19/h2-5,7-13,16H,6,14-15,17-18H2,1H3,(H,25,27). The summed E-state index contributed by atoms with van der Waals surface area (Å²) >= 11 is 1.18. The number of sulfonamides is 1. The fourth-order valence-electron chi connectivity index (χ4n) is 3.87. The van der Waals surface area contributed by atoms with E-state index in [1.54, 1.807) is 41.8 Å². The first kappa shape index (κ1) is 22.4. The van der Waals surface area contributed by atoms with Crippen molar-refractivity contribution in [3.8, 4) is 5.75 Å². The molecule has 0 spiro atoms. The molecule has 1 aliphatic carbocycles. The number of ether oxygens (including phenoxy) is 1. The summed E-state index contributed by atoms with van der Waals surface area (Å²) in [6, 6.07) is 20.3. The number of carbonyl (C=O) groups excluding carboxylic acids is 1. The molecule has 0 unspecified atom stereocenters. The molecular weight excluding hydrogens is 444 g/mol. The number of nitrogens with one attached hydrogen (secondary N) is 1. The predicted octanol–water partition coefficient (Wildman–Crippen LogP) is 4.19. The Morgan fingerprint density at radius 3 is 2.38 bits per heavy atom. The van der Waals surface area contributed by atoms with Gasteiger partial charge in [-0.3, -0.25) is 9.10 Å². The normalized spacial score (nSPS) is 14.9. The van der Waals surface area contributed by atoms with Gasteiger partial charge in [-0.05, 0) is 54.1 Å². The Morgan fingerprint density at radius 2 is 1.78 bits per heavy atom. The van der Waals surface area contributed by atoms with Crippen molar-refractivity contribution in [1.29, 1.82) is 0 Å². The van der Waals surface area contributed by atoms with Gasteiger partial charge in [-0.2, -0.15) is 0 Å². The third-order valence-corrected chi connectivity index (χ3v) is 9.16. The van der Waals surface area contributed by atoms with Crippen LogP contribution in [0.1, 0.15) is 24.8 Å². The second-order valence-corrected chi connectivity index (χ2v) is 11.1. The predicted molar refractivity (Wildman–Crippen MR) is 127 cm³/mol. The van der Waals surface area contributed by atoms with E-state index in [2.05, 4.69) is 17.4 Å². The first-order valence-electron chi connectivity index (χ1n) is 10.5. The number of carbonyl (C=O) groups is 1. The van der Waals surface area contributed by atoms with Crippen LogP contribution in [-0.4, -0.2) is 34.5 Å². The molecule has 1 aromatic heterocycles. The van der Waals surface area contributed by atoms with Gasteiger partial charge in [0, 0.05) is 19.0 Å². The molecule has 0 radical (unpaired) electrons. The first-order valence-corrected chi connectivity index (χ1v) is 12.8. The number of nitrogens with zero attached hydrogens (tertiary/aromatic N) is 1. The Bertz CT molecular complexity index is 1140. The Balaban J connectivity index is 1.30. The quantitative estimate of drug-likeness (QED) is 0.509. The van der Waals surface area contributed by atoms with Gasteiger partial charge >= 0.3 is 0 Å². The van der Waals surface area contributed by atoms with Gasteiger partial charge in [0.15, 0.2) is 6.61 Å². The molecule has 1 N–H and O–H groups in total. The Labute approximate surface area is 192 Å². The van der Waals surface area contributed by atoms with Crippen LogP contribution in [0.2, 0.25) is 0 Å². The van der Waals surface area contributed by atoms with Crippen molar-refractivity contribution in [2.24, 2.45) is 0 Å². The maximum absolute atomic E-state index is 12.6. The average Bonchev–Trinajstić information content (AvgIpc) is 3.33. The summed E-state index contributed by atoms with van der Waals surface area (Å²) in [6.07, 6.45) is 3.31. The zero-order valence-electron chi connectivity index (χ0n) is 17.9. The number of benzene rings is 2. The van der Waals surface area contributed by atoms with E-state index in [9.17, 15) is 13.2 Å².